The topological polar surface area (TPSA) is 63.3 Å². The van der Waals surface area contributed by atoms with Crippen molar-refractivity contribution in [3.05, 3.63) is 30.1 Å². The van der Waals surface area contributed by atoms with E-state index in [4.69, 9.17) is 5.73 Å². The van der Waals surface area contributed by atoms with Gasteiger partial charge in [0.1, 0.15) is 0 Å². The largest absolute Gasteiger partial charge is 0.375 e. The quantitative estimate of drug-likeness (QED) is 0.364. The Balaban J connectivity index is 0.00000169. The minimum atomic E-state index is 0. The minimum Gasteiger partial charge on any atom is -0.375 e. The summed E-state index contributed by atoms with van der Waals surface area (Å²) in [6.45, 7) is 1.83. The van der Waals surface area contributed by atoms with Crippen LogP contribution in [0.3, 0.4) is 0 Å². The zero-order valence-electron chi connectivity index (χ0n) is 7.52. The first-order valence-corrected chi connectivity index (χ1v) is 4.12. The number of hydrogen-bond acceptors (Lipinski definition) is 3. The number of pyridine rings is 1. The molecule has 0 aliphatic rings. The van der Waals surface area contributed by atoms with Crippen LogP contribution in [0.4, 0.5) is 0 Å². The fourth-order valence-corrected chi connectivity index (χ4v) is 0.819. The molecule has 0 aliphatic heterocycles. The van der Waals surface area contributed by atoms with Gasteiger partial charge in [0.2, 0.25) is 0 Å². The number of aromatic nitrogens is 1. The molecule has 0 saturated heterocycles. The van der Waals surface area contributed by atoms with E-state index in [1.165, 1.54) is 0 Å². The van der Waals surface area contributed by atoms with Crippen LogP contribution >= 0.6 is 12.2 Å². The predicted molar refractivity (Wildman–Crippen MR) is 56.4 cm³/mol. The van der Waals surface area contributed by atoms with Gasteiger partial charge in [-0.3, -0.25) is 10.4 Å². The Bertz CT molecular complexity index is 325. The maximum atomic E-state index is 5.21. The smallest absolute Gasteiger partial charge is 0.184 e. The number of nitrogens with zero attached hydrogens (tertiary/aromatic N) is 2. The normalized spacial score (nSPS) is 10.2. The third-order valence-corrected chi connectivity index (χ3v) is 1.46. The standard InChI is InChI=1S/C8H10N4S.Rh/c1-6(11-12-8(9)13)7-4-2-3-5-10-7;/h2-5H,1H3,(H3,9,12,13);. The molecule has 0 fully saturated rings. The van der Waals surface area contributed by atoms with Crippen LogP contribution in [0.25, 0.3) is 0 Å². The first-order valence-electron chi connectivity index (χ1n) is 3.71. The first-order chi connectivity index (χ1) is 6.20. The SMILES string of the molecule is CC(=NNC(N)=S)c1ccccn1.[Rh]. The third kappa shape index (κ3) is 4.39. The van der Waals surface area contributed by atoms with Crippen molar-refractivity contribution in [2.45, 2.75) is 6.92 Å². The first kappa shape index (κ1) is 13.1. The van der Waals surface area contributed by atoms with E-state index in [0.717, 1.165) is 11.4 Å². The van der Waals surface area contributed by atoms with E-state index < -0.39 is 0 Å². The molecule has 14 heavy (non-hydrogen) atoms. The van der Waals surface area contributed by atoms with Crippen LogP contribution in [0.5, 0.6) is 0 Å². The van der Waals surface area contributed by atoms with Crippen LogP contribution in [0.2, 0.25) is 0 Å². The molecule has 0 bridgehead atoms. The van der Waals surface area contributed by atoms with E-state index in [-0.39, 0.29) is 24.6 Å². The van der Waals surface area contributed by atoms with E-state index in [1.807, 2.05) is 25.1 Å². The molecule has 0 amide bonds. The molecule has 0 atom stereocenters. The number of hydrogen-bond donors (Lipinski definition) is 2. The summed E-state index contributed by atoms with van der Waals surface area (Å²) in [5, 5.41) is 4.08. The molecule has 0 unspecified atom stereocenters. The molecule has 1 radical (unpaired) electrons. The predicted octanol–water partition coefficient (Wildman–Crippen LogP) is 0.636. The molecule has 3 N–H and O–H groups in total. The number of nitrogens with two attached hydrogens (primary N) is 1. The Morgan fingerprint density at radius 2 is 2.29 bits per heavy atom. The van der Waals surface area contributed by atoms with Crippen LogP contribution in [-0.4, -0.2) is 15.8 Å². The molecule has 0 spiro atoms. The summed E-state index contributed by atoms with van der Waals surface area (Å²) in [4.78, 5) is 4.10. The number of thiocarbonyl (C=S) groups is 1. The maximum Gasteiger partial charge on any atom is 0.184 e. The van der Waals surface area contributed by atoms with Gasteiger partial charge in [0.05, 0.1) is 11.4 Å². The monoisotopic (exact) mass is 297 g/mol. The van der Waals surface area contributed by atoms with Gasteiger partial charge in [-0.05, 0) is 31.3 Å². The van der Waals surface area contributed by atoms with Crippen molar-refractivity contribution in [1.82, 2.24) is 10.4 Å². The molecule has 0 aromatic carbocycles. The van der Waals surface area contributed by atoms with Crippen LogP contribution in [0, 0.1) is 0 Å². The van der Waals surface area contributed by atoms with Crippen molar-refractivity contribution in [3.63, 3.8) is 0 Å². The van der Waals surface area contributed by atoms with E-state index in [1.54, 1.807) is 6.20 Å². The number of hydrazone groups is 1. The van der Waals surface area contributed by atoms with Crippen molar-refractivity contribution < 1.29 is 19.5 Å². The van der Waals surface area contributed by atoms with Crippen LogP contribution < -0.4 is 11.2 Å². The second-order valence-corrected chi connectivity index (χ2v) is 2.83. The summed E-state index contributed by atoms with van der Waals surface area (Å²) >= 11 is 4.60. The minimum absolute atomic E-state index is 0. The van der Waals surface area contributed by atoms with Crippen molar-refractivity contribution in [3.8, 4) is 0 Å². The van der Waals surface area contributed by atoms with Crippen molar-refractivity contribution in [2.75, 3.05) is 0 Å². The van der Waals surface area contributed by atoms with Crippen LogP contribution in [0.15, 0.2) is 29.5 Å². The van der Waals surface area contributed by atoms with Crippen LogP contribution in [0.1, 0.15) is 12.6 Å². The molecule has 4 nitrogen and oxygen atoms in total. The molecule has 77 valence electrons. The molecular weight excluding hydrogens is 287 g/mol. The summed E-state index contributed by atoms with van der Waals surface area (Å²) < 4.78 is 0. The Labute approximate surface area is 101 Å². The Morgan fingerprint density at radius 3 is 2.79 bits per heavy atom. The van der Waals surface area contributed by atoms with Gasteiger partial charge < -0.3 is 5.73 Å². The molecule has 1 heterocycles. The van der Waals surface area contributed by atoms with Gasteiger partial charge in [0.15, 0.2) is 5.11 Å². The average Bonchev–Trinajstić information content (AvgIpc) is 2.15. The van der Waals surface area contributed by atoms with Gasteiger partial charge in [-0.1, -0.05) is 6.07 Å². The molecule has 6 heteroatoms. The van der Waals surface area contributed by atoms with Crippen LogP contribution in [-0.2, 0) is 19.5 Å². The van der Waals surface area contributed by atoms with E-state index in [2.05, 4.69) is 27.7 Å². The van der Waals surface area contributed by atoms with Gasteiger partial charge >= 0.3 is 0 Å². The third-order valence-electron chi connectivity index (χ3n) is 1.37. The van der Waals surface area contributed by atoms with Crippen molar-refractivity contribution in [1.29, 1.82) is 0 Å². The van der Waals surface area contributed by atoms with E-state index in [0.29, 0.717) is 0 Å². The van der Waals surface area contributed by atoms with E-state index >= 15 is 0 Å². The summed E-state index contributed by atoms with van der Waals surface area (Å²) in [6.07, 6.45) is 1.70. The summed E-state index contributed by atoms with van der Waals surface area (Å²) in [7, 11) is 0. The molecule has 1 aromatic rings. The number of rotatable bonds is 2. The summed E-state index contributed by atoms with van der Waals surface area (Å²) in [5.74, 6) is 0. The zero-order valence-corrected chi connectivity index (χ0v) is 9.98. The molecule has 0 saturated carbocycles. The molecule has 1 aromatic heterocycles. The zero-order chi connectivity index (χ0) is 9.68. The van der Waals surface area contributed by atoms with Gasteiger partial charge in [-0.2, -0.15) is 5.10 Å². The van der Waals surface area contributed by atoms with Gasteiger partial charge in [0.25, 0.3) is 0 Å². The van der Waals surface area contributed by atoms with Gasteiger partial charge in [-0.25, -0.2) is 0 Å². The molecular formula is C8H10N4RhS. The van der Waals surface area contributed by atoms with Gasteiger partial charge in [0, 0.05) is 25.7 Å². The van der Waals surface area contributed by atoms with Gasteiger partial charge in [-0.15, -0.1) is 0 Å². The summed E-state index contributed by atoms with van der Waals surface area (Å²) in [5.41, 5.74) is 9.25. The van der Waals surface area contributed by atoms with Crippen molar-refractivity contribution >= 4 is 23.0 Å². The second kappa shape index (κ2) is 6.57. The second-order valence-electron chi connectivity index (χ2n) is 2.39. The number of nitrogens with one attached hydrogen (secondary N) is 1. The summed E-state index contributed by atoms with van der Waals surface area (Å²) in [6, 6.07) is 5.60. The van der Waals surface area contributed by atoms with E-state index in [9.17, 15) is 0 Å². The average molecular weight is 297 g/mol. The Morgan fingerprint density at radius 1 is 1.57 bits per heavy atom. The Hall–Kier alpha value is -0.867. The maximum absolute atomic E-state index is 5.21. The Kier molecular flexibility index (Phi) is 6.16. The molecule has 0 aliphatic carbocycles. The molecule has 1 rings (SSSR count). The van der Waals surface area contributed by atoms with Crippen molar-refractivity contribution in [2.24, 2.45) is 10.8 Å². The fourth-order valence-electron chi connectivity index (χ4n) is 0.773. The fraction of sp³-hybridized carbons (Fsp3) is 0.125.